The molecule has 28 heavy (non-hydrogen) atoms. The lowest BCUT2D eigenvalue weighted by atomic mass is 9.73. The molecule has 2 fully saturated rings. The van der Waals surface area contributed by atoms with Crippen LogP contribution in [0.25, 0.3) is 0 Å². The number of methoxy groups -OCH3 is 1. The van der Waals surface area contributed by atoms with E-state index in [-0.39, 0.29) is 6.09 Å². The van der Waals surface area contributed by atoms with Crippen LogP contribution in [-0.4, -0.2) is 49.4 Å². The first-order chi connectivity index (χ1) is 13.3. The Morgan fingerprint density at radius 1 is 1.18 bits per heavy atom. The second-order valence-corrected chi connectivity index (χ2v) is 9.22. The SMILES string of the molecule is CCN(c1ccc(OC)cc1)[C@@H]1CCCC12CCN(C(=O)OC(C)(C)C)CC2. The van der Waals surface area contributed by atoms with Crippen LogP contribution >= 0.6 is 0 Å². The van der Waals surface area contributed by atoms with E-state index in [4.69, 9.17) is 9.47 Å². The lowest BCUT2D eigenvalue weighted by Gasteiger charge is -2.47. The van der Waals surface area contributed by atoms with Crippen LogP contribution < -0.4 is 9.64 Å². The van der Waals surface area contributed by atoms with E-state index in [9.17, 15) is 4.79 Å². The predicted molar refractivity (Wildman–Crippen MR) is 113 cm³/mol. The number of likely N-dealkylation sites (tertiary alicyclic amines) is 1. The first kappa shape index (κ1) is 20.8. The second-order valence-electron chi connectivity index (χ2n) is 9.22. The molecule has 1 spiro atoms. The third-order valence-electron chi connectivity index (χ3n) is 6.39. The summed E-state index contributed by atoms with van der Waals surface area (Å²) in [6.07, 6.45) is 5.70. The van der Waals surface area contributed by atoms with Gasteiger partial charge in [0.25, 0.3) is 0 Å². The Hall–Kier alpha value is -1.91. The Balaban J connectivity index is 1.70. The van der Waals surface area contributed by atoms with Gasteiger partial charge in [-0.25, -0.2) is 4.79 Å². The molecule has 5 heteroatoms. The van der Waals surface area contributed by atoms with Gasteiger partial charge in [0.05, 0.1) is 7.11 Å². The van der Waals surface area contributed by atoms with Crippen LogP contribution in [0.4, 0.5) is 10.5 Å². The van der Waals surface area contributed by atoms with Gasteiger partial charge < -0.3 is 19.3 Å². The van der Waals surface area contributed by atoms with Crippen molar-refractivity contribution in [2.24, 2.45) is 5.41 Å². The summed E-state index contributed by atoms with van der Waals surface area (Å²) in [4.78, 5) is 16.9. The van der Waals surface area contributed by atoms with Crippen LogP contribution in [-0.2, 0) is 4.74 Å². The van der Waals surface area contributed by atoms with Crippen LogP contribution in [0, 0.1) is 5.41 Å². The van der Waals surface area contributed by atoms with E-state index in [0.29, 0.717) is 11.5 Å². The highest BCUT2D eigenvalue weighted by molar-refractivity contribution is 5.68. The van der Waals surface area contributed by atoms with Crippen molar-refractivity contribution >= 4 is 11.8 Å². The van der Waals surface area contributed by atoms with Crippen molar-refractivity contribution < 1.29 is 14.3 Å². The average Bonchev–Trinajstić information content (AvgIpc) is 3.05. The van der Waals surface area contributed by atoms with Crippen molar-refractivity contribution in [1.29, 1.82) is 0 Å². The smallest absolute Gasteiger partial charge is 0.410 e. The van der Waals surface area contributed by atoms with E-state index in [2.05, 4.69) is 24.0 Å². The summed E-state index contributed by atoms with van der Waals surface area (Å²) >= 11 is 0. The van der Waals surface area contributed by atoms with Crippen molar-refractivity contribution in [2.75, 3.05) is 31.6 Å². The Bertz CT molecular complexity index is 657. The summed E-state index contributed by atoms with van der Waals surface area (Å²) in [5.41, 5.74) is 1.13. The molecule has 1 saturated heterocycles. The number of carbonyl (C=O) groups excluding carboxylic acids is 1. The number of anilines is 1. The monoisotopic (exact) mass is 388 g/mol. The van der Waals surface area contributed by atoms with Crippen molar-refractivity contribution in [3.8, 4) is 5.75 Å². The van der Waals surface area contributed by atoms with Crippen molar-refractivity contribution in [3.63, 3.8) is 0 Å². The zero-order chi connectivity index (χ0) is 20.4. The van der Waals surface area contributed by atoms with Gasteiger partial charge in [-0.3, -0.25) is 0 Å². The third-order valence-corrected chi connectivity index (χ3v) is 6.39. The molecule has 1 amide bonds. The minimum atomic E-state index is -0.435. The van der Waals surface area contributed by atoms with Gasteiger partial charge in [0.1, 0.15) is 11.4 Å². The summed E-state index contributed by atoms with van der Waals surface area (Å²) in [6, 6.07) is 8.97. The lowest BCUT2D eigenvalue weighted by Crippen LogP contribution is -2.52. The first-order valence-corrected chi connectivity index (χ1v) is 10.7. The zero-order valence-electron chi connectivity index (χ0n) is 18.2. The molecule has 1 aliphatic carbocycles. The molecule has 1 aromatic carbocycles. The van der Waals surface area contributed by atoms with Crippen LogP contribution in [0.5, 0.6) is 5.75 Å². The molecule has 0 bridgehead atoms. The summed E-state index contributed by atoms with van der Waals surface area (Å²) in [5.74, 6) is 0.895. The molecular weight excluding hydrogens is 352 g/mol. The van der Waals surface area contributed by atoms with Crippen molar-refractivity contribution in [3.05, 3.63) is 24.3 Å². The molecule has 1 heterocycles. The average molecular weight is 389 g/mol. The van der Waals surface area contributed by atoms with E-state index in [1.54, 1.807) is 7.11 Å². The molecule has 0 N–H and O–H groups in total. The second kappa shape index (κ2) is 8.22. The molecule has 1 aromatic rings. The molecule has 0 radical (unpaired) electrons. The van der Waals surface area contributed by atoms with Gasteiger partial charge in [0.15, 0.2) is 0 Å². The molecule has 0 unspecified atom stereocenters. The van der Waals surface area contributed by atoms with Crippen molar-refractivity contribution in [2.45, 2.75) is 71.4 Å². The Kier molecular flexibility index (Phi) is 6.11. The fourth-order valence-corrected chi connectivity index (χ4v) is 5.01. The van der Waals surface area contributed by atoms with Gasteiger partial charge in [-0.1, -0.05) is 6.42 Å². The van der Waals surface area contributed by atoms with Crippen LogP contribution in [0.1, 0.15) is 59.8 Å². The molecule has 5 nitrogen and oxygen atoms in total. The van der Waals surface area contributed by atoms with Gasteiger partial charge in [-0.2, -0.15) is 0 Å². The number of hydrogen-bond donors (Lipinski definition) is 0. The van der Waals surface area contributed by atoms with Crippen LogP contribution in [0.3, 0.4) is 0 Å². The fraction of sp³-hybridized carbons (Fsp3) is 0.696. The van der Waals surface area contributed by atoms with E-state index >= 15 is 0 Å². The van der Waals surface area contributed by atoms with Gasteiger partial charge >= 0.3 is 6.09 Å². The minimum Gasteiger partial charge on any atom is -0.497 e. The highest BCUT2D eigenvalue weighted by atomic mass is 16.6. The summed E-state index contributed by atoms with van der Waals surface area (Å²) in [6.45, 7) is 10.6. The highest BCUT2D eigenvalue weighted by Gasteiger charge is 2.47. The van der Waals surface area contributed by atoms with E-state index in [0.717, 1.165) is 38.2 Å². The predicted octanol–water partition coefficient (Wildman–Crippen LogP) is 5.09. The maximum Gasteiger partial charge on any atom is 0.410 e. The molecule has 3 rings (SSSR count). The number of hydrogen-bond acceptors (Lipinski definition) is 4. The Labute approximate surface area is 170 Å². The van der Waals surface area contributed by atoms with E-state index < -0.39 is 5.60 Å². The van der Waals surface area contributed by atoms with Gasteiger partial charge in [0.2, 0.25) is 0 Å². The number of ether oxygens (including phenoxy) is 2. The lowest BCUT2D eigenvalue weighted by molar-refractivity contribution is 0.00858. The summed E-state index contributed by atoms with van der Waals surface area (Å²) in [7, 11) is 1.71. The first-order valence-electron chi connectivity index (χ1n) is 10.7. The van der Waals surface area contributed by atoms with Gasteiger partial charge in [-0.15, -0.1) is 0 Å². The summed E-state index contributed by atoms with van der Waals surface area (Å²) < 4.78 is 10.9. The number of rotatable bonds is 4. The fourth-order valence-electron chi connectivity index (χ4n) is 5.01. The molecule has 1 atom stereocenters. The molecule has 1 saturated carbocycles. The van der Waals surface area contributed by atoms with Crippen LogP contribution in [0.2, 0.25) is 0 Å². The third kappa shape index (κ3) is 4.39. The minimum absolute atomic E-state index is 0.167. The number of amides is 1. The van der Waals surface area contributed by atoms with E-state index in [1.165, 1.54) is 24.9 Å². The van der Waals surface area contributed by atoms with E-state index in [1.807, 2.05) is 37.8 Å². The highest BCUT2D eigenvalue weighted by Crippen LogP contribution is 2.49. The van der Waals surface area contributed by atoms with Gasteiger partial charge in [-0.05, 0) is 83.1 Å². The number of benzene rings is 1. The standard InChI is InChI=1S/C23H36N2O3/c1-6-25(18-9-11-19(27-5)12-10-18)20-8-7-13-23(20)14-16-24(17-15-23)21(26)28-22(2,3)4/h9-12,20H,6-8,13-17H2,1-5H3/t20-/m1/s1. The molecule has 156 valence electrons. The van der Waals surface area contributed by atoms with Crippen molar-refractivity contribution in [1.82, 2.24) is 4.90 Å². The molecule has 1 aliphatic heterocycles. The Morgan fingerprint density at radius 2 is 1.82 bits per heavy atom. The number of piperidine rings is 1. The number of carbonyl (C=O) groups is 1. The molecule has 2 aliphatic rings. The maximum atomic E-state index is 12.5. The number of nitrogens with zero attached hydrogens (tertiary/aromatic N) is 2. The Morgan fingerprint density at radius 3 is 2.36 bits per heavy atom. The quantitative estimate of drug-likeness (QED) is 0.720. The topological polar surface area (TPSA) is 42.0 Å². The largest absolute Gasteiger partial charge is 0.497 e. The van der Waals surface area contributed by atoms with Gasteiger partial charge in [0, 0.05) is 31.4 Å². The van der Waals surface area contributed by atoms with Crippen LogP contribution in [0.15, 0.2) is 24.3 Å². The molecular formula is C23H36N2O3. The zero-order valence-corrected chi connectivity index (χ0v) is 18.2. The molecule has 0 aromatic heterocycles. The normalized spacial score (nSPS) is 21.6. The maximum absolute atomic E-state index is 12.5. The summed E-state index contributed by atoms with van der Waals surface area (Å²) in [5, 5.41) is 0.